The summed E-state index contributed by atoms with van der Waals surface area (Å²) in [6.45, 7) is 11.9. The van der Waals surface area contributed by atoms with Crippen molar-refractivity contribution in [3.05, 3.63) is 140 Å². The van der Waals surface area contributed by atoms with Gasteiger partial charge < -0.3 is 58.6 Å². The number of carbonyl (C=O) groups is 6. The number of hydrogen-bond donors (Lipinski definition) is 4. The van der Waals surface area contributed by atoms with Gasteiger partial charge in [0.15, 0.2) is 21.8 Å². The van der Waals surface area contributed by atoms with E-state index in [1.165, 1.54) is 58.8 Å². The van der Waals surface area contributed by atoms with Crippen molar-refractivity contribution in [1.29, 1.82) is 0 Å². The molecule has 34 heteroatoms. The predicted molar refractivity (Wildman–Crippen MR) is 503 cm³/mol. The number of ketones is 2. The molecule has 8 heterocycles. The molecule has 4 aliphatic heterocycles. The van der Waals surface area contributed by atoms with E-state index in [2.05, 4.69) is 10.6 Å². The van der Waals surface area contributed by atoms with E-state index < -0.39 is 150 Å². The Balaban J connectivity index is 0.000000202. The van der Waals surface area contributed by atoms with Gasteiger partial charge in [-0.2, -0.15) is 0 Å². The monoisotopic (exact) mass is 1930 g/mol. The summed E-state index contributed by atoms with van der Waals surface area (Å²) in [5.41, 5.74) is 1.90. The van der Waals surface area contributed by atoms with Crippen LogP contribution in [0.25, 0.3) is 44.6 Å². The van der Waals surface area contributed by atoms with E-state index >= 15 is 36.7 Å². The van der Waals surface area contributed by atoms with E-state index in [1.54, 1.807) is 36.4 Å². The summed E-state index contributed by atoms with van der Waals surface area (Å²) >= 11 is 16.6. The van der Waals surface area contributed by atoms with E-state index in [-0.39, 0.29) is 116 Å². The lowest BCUT2D eigenvalue weighted by molar-refractivity contribution is -0.155. The molecule has 0 spiro atoms. The minimum Gasteiger partial charge on any atom is -0.495 e. The second-order valence-electron chi connectivity index (χ2n) is 38.0. The Bertz CT molecular complexity index is 5700. The number of benzene rings is 4. The SMILES string of the molecule is COc1ccc2c(O[C@@H]3C[C@H]4C(=O)C[C@]5(P(=O)(O)Cc6c(F)cccc6F)C[C@H]5/C=C\CCCC[C@@H](C)[C@H](CC(=O)OC5CCCC5)C(=O)N4C3)cc(-c3csc(NC(C)C)n3)nc2c1Cl.COc1ccc2c(O[C@@H]3C[C@H]4C(=O)C[C@]5(P(=O)(O)Cc6c(F)cccc6F)C[C@H]5CCCCCC[C@@H](C)[C@H](CC(=O)OC5CCCC5)C(=O)N4C3)cc(-c3csc(NC(C)C)n3)nc2c1Cl. The van der Waals surface area contributed by atoms with Gasteiger partial charge in [0.1, 0.15) is 92.1 Å². The van der Waals surface area contributed by atoms with Crippen LogP contribution in [0.4, 0.5) is 27.8 Å². The van der Waals surface area contributed by atoms with Crippen LogP contribution in [0.2, 0.25) is 10.0 Å². The number of rotatable bonds is 24. The Morgan fingerprint density at radius 3 is 1.37 bits per heavy atom. The van der Waals surface area contributed by atoms with E-state index in [4.69, 9.17) is 71.6 Å². The Morgan fingerprint density at radius 1 is 0.530 bits per heavy atom. The average molecular weight is 1940 g/mol. The number of amides is 2. The number of allylic oxidation sites excluding steroid dienone is 2. The van der Waals surface area contributed by atoms with E-state index in [0.29, 0.717) is 104 Å². The fourth-order valence-corrected chi connectivity index (χ4v) is 28.0. The van der Waals surface area contributed by atoms with Gasteiger partial charge in [0, 0.05) is 82.6 Å². The number of fused-ring (bicyclic) bond motifs is 6. The van der Waals surface area contributed by atoms with Gasteiger partial charge in [0.25, 0.3) is 0 Å². The maximum Gasteiger partial charge on any atom is 0.306 e. The maximum absolute atomic E-state index is 15.2. The maximum atomic E-state index is 15.2. The lowest BCUT2D eigenvalue weighted by Gasteiger charge is -2.32. The minimum atomic E-state index is -4.50. The molecule has 24 nitrogen and oxygen atoms in total. The summed E-state index contributed by atoms with van der Waals surface area (Å²) in [7, 11) is -5.93. The molecule has 8 aromatic rings. The zero-order chi connectivity index (χ0) is 93.8. The van der Waals surface area contributed by atoms with E-state index in [9.17, 15) is 28.5 Å². The first-order valence-electron chi connectivity index (χ1n) is 46.5. The zero-order valence-electron chi connectivity index (χ0n) is 75.8. The molecule has 0 bridgehead atoms. The molecule has 8 aliphatic rings. The van der Waals surface area contributed by atoms with Gasteiger partial charge in [-0.05, 0) is 196 Å². The molecule has 3 saturated heterocycles. The minimum absolute atomic E-state index is 0.0218. The van der Waals surface area contributed by atoms with E-state index in [1.807, 2.05) is 64.5 Å². The lowest BCUT2D eigenvalue weighted by atomic mass is 9.85. The highest BCUT2D eigenvalue weighted by atomic mass is 35.5. The van der Waals surface area contributed by atoms with Gasteiger partial charge in [-0.25, -0.2) is 37.5 Å². The summed E-state index contributed by atoms with van der Waals surface area (Å²) in [6, 6.07) is 15.2. The number of thiazole rings is 2. The summed E-state index contributed by atoms with van der Waals surface area (Å²) in [5, 5.41) is 10.5. The highest BCUT2D eigenvalue weighted by Gasteiger charge is 2.67. The first kappa shape index (κ1) is 97.9. The van der Waals surface area contributed by atoms with Crippen molar-refractivity contribution in [2.24, 2.45) is 35.5 Å². The van der Waals surface area contributed by atoms with Crippen LogP contribution in [-0.2, 0) is 59.7 Å². The molecule has 710 valence electrons. The Morgan fingerprint density at radius 2 is 0.939 bits per heavy atom. The molecule has 7 fully saturated rings. The number of nitrogens with zero attached hydrogens (tertiary/aromatic N) is 6. The number of anilines is 2. The number of methoxy groups -OCH3 is 2. The molecule has 132 heavy (non-hydrogen) atoms. The number of carbonyl (C=O) groups excluding carboxylic acids is 6. The number of pyridine rings is 2. The largest absolute Gasteiger partial charge is 0.495 e. The second-order valence-corrected chi connectivity index (χ2v) is 45.7. The van der Waals surface area contributed by atoms with Crippen molar-refractivity contribution in [2.45, 2.75) is 280 Å². The Kier molecular flexibility index (Phi) is 31.1. The molecular formula is C98H118Cl2F4N8O16P2S2. The molecule has 16 rings (SSSR count). The molecule has 4 aromatic carbocycles. The summed E-state index contributed by atoms with van der Waals surface area (Å²) < 4.78 is 126. The van der Waals surface area contributed by atoms with Gasteiger partial charge in [0.05, 0.1) is 109 Å². The molecule has 14 atom stereocenters. The molecule has 4 N–H and O–H groups in total. The van der Waals surface area contributed by atoms with Gasteiger partial charge in [-0.15, -0.1) is 22.7 Å². The van der Waals surface area contributed by atoms with Crippen LogP contribution in [0.1, 0.15) is 220 Å². The highest BCUT2D eigenvalue weighted by molar-refractivity contribution is 7.59. The number of ether oxygens (including phenoxy) is 6. The molecule has 4 aliphatic carbocycles. The number of Topliss-reactive ketones (excluding diaryl/α,β-unsaturated/α-hetero) is 2. The summed E-state index contributed by atoms with van der Waals surface area (Å²) in [4.78, 5) is 134. The van der Waals surface area contributed by atoms with Gasteiger partial charge in [-0.3, -0.25) is 37.9 Å². The van der Waals surface area contributed by atoms with Gasteiger partial charge >= 0.3 is 11.9 Å². The third kappa shape index (κ3) is 21.9. The van der Waals surface area contributed by atoms with Crippen molar-refractivity contribution >= 4 is 128 Å². The third-order valence-electron chi connectivity index (χ3n) is 28.0. The van der Waals surface area contributed by atoms with Gasteiger partial charge in [0.2, 0.25) is 26.6 Å². The lowest BCUT2D eigenvalue weighted by Crippen LogP contribution is -2.46. The van der Waals surface area contributed by atoms with Crippen molar-refractivity contribution < 1.29 is 93.7 Å². The van der Waals surface area contributed by atoms with Crippen LogP contribution in [0.3, 0.4) is 0 Å². The predicted octanol–water partition coefficient (Wildman–Crippen LogP) is 22.1. The standard InChI is InChI=1S/C49H60ClF2N4O8PS.C49H58ClF2N4O8PS/c2*1-28(2)53-48-55-39(27-66-48)38-22-43(33-18-19-42(62-4)45(50)46(33)54-38)63-32-20-40-41(57)24-49(65(60,61)26-35-36(51)16-11-17-37(35)52)23-30(49)13-8-6-5-7-12-29(3)34(47(59)56(40)25-32)21-44(58)64-31-14-9-10-15-31/h11,16-19,22,27-32,34,40H,5-10,12-15,20-21,23-26H2,1-4H3,(H,53,55)(H,60,61);8,11,13,16-19,22,27-32,34,40H,5-7,9-10,12,14-15,20-21,23-26H2,1-4H3,(H,53,55)(H,60,61)/b;13-8-/t2*29-,30-,32-,34+,40+,49-/m11/s1. The molecular weight excluding hydrogens is 1820 g/mol. The first-order valence-corrected chi connectivity index (χ1v) is 52.7. The fourth-order valence-electron chi connectivity index (χ4n) is 20.5. The average Bonchev–Trinajstić information content (AvgIpc) is 1.55. The highest BCUT2D eigenvalue weighted by Crippen LogP contribution is 2.76. The molecule has 2 unspecified atom stereocenters. The molecule has 0 radical (unpaired) electrons. The van der Waals surface area contributed by atoms with Crippen LogP contribution >= 0.6 is 60.6 Å². The van der Waals surface area contributed by atoms with E-state index in [0.717, 1.165) is 114 Å². The number of nitrogens with one attached hydrogen (secondary N) is 2. The van der Waals surface area contributed by atoms with Crippen molar-refractivity contribution in [2.75, 3.05) is 37.9 Å². The molecule has 2 amide bonds. The topological polar surface area (TPSA) is 314 Å². The van der Waals surface area contributed by atoms with Crippen molar-refractivity contribution in [3.63, 3.8) is 0 Å². The zero-order valence-corrected chi connectivity index (χ0v) is 80.7. The molecule has 4 aromatic heterocycles. The van der Waals surface area contributed by atoms with Crippen LogP contribution < -0.4 is 29.6 Å². The third-order valence-corrected chi connectivity index (χ3v) is 36.0. The normalized spacial score (nSPS) is 26.4. The number of halogens is 6. The Hall–Kier alpha value is -8.60. The number of aromatic nitrogens is 4. The summed E-state index contributed by atoms with van der Waals surface area (Å²) in [5.74, 6) is -7.66. The van der Waals surface area contributed by atoms with Gasteiger partial charge in [-0.1, -0.05) is 93.4 Å². The fraction of sp³-hybridized carbons (Fsp3) is 0.551. The van der Waals surface area contributed by atoms with Crippen LogP contribution in [0.5, 0.6) is 23.0 Å². The Labute approximate surface area is 785 Å². The number of hydrogen-bond acceptors (Lipinski definition) is 22. The number of esters is 2. The summed E-state index contributed by atoms with van der Waals surface area (Å²) in [6.07, 6.45) is 14.1. The van der Waals surface area contributed by atoms with Crippen LogP contribution in [0, 0.1) is 58.8 Å². The first-order chi connectivity index (χ1) is 63.1. The smallest absolute Gasteiger partial charge is 0.306 e. The van der Waals surface area contributed by atoms with Crippen LogP contribution in [-0.4, -0.2) is 161 Å². The van der Waals surface area contributed by atoms with Crippen molar-refractivity contribution in [1.82, 2.24) is 29.7 Å². The molecule has 4 saturated carbocycles. The van der Waals surface area contributed by atoms with Crippen LogP contribution in [0.15, 0.2) is 95.7 Å². The second kappa shape index (κ2) is 41.9. The quantitative estimate of drug-likeness (QED) is 0.0189. The van der Waals surface area contributed by atoms with Crippen molar-refractivity contribution in [3.8, 4) is 45.8 Å².